The quantitative estimate of drug-likeness (QED) is 0.926. The zero-order valence-electron chi connectivity index (χ0n) is 11.9. The Labute approximate surface area is 122 Å². The summed E-state index contributed by atoms with van der Waals surface area (Å²) in [5.41, 5.74) is 0.721. The molecule has 2 rings (SSSR count). The van der Waals surface area contributed by atoms with E-state index in [9.17, 15) is 14.7 Å². The fourth-order valence-corrected chi connectivity index (χ4v) is 3.66. The molecule has 0 saturated carbocycles. The highest BCUT2D eigenvalue weighted by atomic mass is 32.1. The highest BCUT2D eigenvalue weighted by Gasteiger charge is 2.33. The summed E-state index contributed by atoms with van der Waals surface area (Å²) in [6.07, 6.45) is 4.13. The first-order valence-corrected chi connectivity index (χ1v) is 7.86. The minimum atomic E-state index is -0.908. The Morgan fingerprint density at radius 1 is 1.45 bits per heavy atom. The summed E-state index contributed by atoms with van der Waals surface area (Å²) in [4.78, 5) is 30.4. The standard InChI is InChI=1S/C14H20N2O3S/c1-3-6-11-15-9(2)12(20-11)13(17)16-8-5-4-7-10(16)14(18)19/h10H,3-8H2,1-2H3,(H,18,19). The topological polar surface area (TPSA) is 70.5 Å². The Kier molecular flexibility index (Phi) is 4.75. The number of nitrogens with zero attached hydrogens (tertiary/aromatic N) is 2. The summed E-state index contributed by atoms with van der Waals surface area (Å²) >= 11 is 1.40. The van der Waals surface area contributed by atoms with Gasteiger partial charge in [0.1, 0.15) is 10.9 Å². The first-order chi connectivity index (χ1) is 9.54. The number of hydrogen-bond donors (Lipinski definition) is 1. The number of hydrogen-bond acceptors (Lipinski definition) is 4. The lowest BCUT2D eigenvalue weighted by atomic mass is 10.0. The smallest absolute Gasteiger partial charge is 0.326 e. The monoisotopic (exact) mass is 296 g/mol. The first kappa shape index (κ1) is 15.0. The lowest BCUT2D eigenvalue weighted by Gasteiger charge is -2.32. The van der Waals surface area contributed by atoms with Gasteiger partial charge in [0.15, 0.2) is 0 Å². The number of rotatable bonds is 4. The van der Waals surface area contributed by atoms with Crippen LogP contribution in [0, 0.1) is 6.92 Å². The van der Waals surface area contributed by atoms with Gasteiger partial charge in [-0.3, -0.25) is 4.79 Å². The van der Waals surface area contributed by atoms with E-state index in [0.29, 0.717) is 17.8 Å². The van der Waals surface area contributed by atoms with Crippen LogP contribution in [0.3, 0.4) is 0 Å². The van der Waals surface area contributed by atoms with Crippen LogP contribution in [0.1, 0.15) is 53.0 Å². The van der Waals surface area contributed by atoms with Crippen molar-refractivity contribution in [2.45, 2.75) is 52.0 Å². The lowest BCUT2D eigenvalue weighted by molar-refractivity contribution is -0.143. The second-order valence-corrected chi connectivity index (χ2v) is 6.20. The molecule has 0 aromatic carbocycles. The van der Waals surface area contributed by atoms with E-state index in [-0.39, 0.29) is 5.91 Å². The van der Waals surface area contributed by atoms with E-state index >= 15 is 0 Å². The van der Waals surface area contributed by atoms with Crippen LogP contribution in [0.25, 0.3) is 0 Å². The molecule has 0 spiro atoms. The molecule has 1 N–H and O–H groups in total. The van der Waals surface area contributed by atoms with Crippen molar-refractivity contribution in [1.82, 2.24) is 9.88 Å². The normalized spacial score (nSPS) is 19.1. The van der Waals surface area contributed by atoms with Crippen LogP contribution in [0.15, 0.2) is 0 Å². The molecule has 0 radical (unpaired) electrons. The number of likely N-dealkylation sites (tertiary alicyclic amines) is 1. The highest BCUT2D eigenvalue weighted by molar-refractivity contribution is 7.13. The highest BCUT2D eigenvalue weighted by Crippen LogP contribution is 2.25. The number of amides is 1. The van der Waals surface area contributed by atoms with Crippen LogP contribution in [0.4, 0.5) is 0 Å². The van der Waals surface area contributed by atoms with Gasteiger partial charge in [-0.1, -0.05) is 6.92 Å². The predicted octanol–water partition coefficient (Wildman–Crippen LogP) is 2.48. The van der Waals surface area contributed by atoms with Gasteiger partial charge in [0.25, 0.3) is 5.91 Å². The molecule has 1 unspecified atom stereocenters. The molecule has 6 heteroatoms. The van der Waals surface area contributed by atoms with E-state index in [1.54, 1.807) is 0 Å². The van der Waals surface area contributed by atoms with E-state index in [4.69, 9.17) is 0 Å². The van der Waals surface area contributed by atoms with Crippen molar-refractivity contribution < 1.29 is 14.7 Å². The Morgan fingerprint density at radius 3 is 2.85 bits per heavy atom. The average molecular weight is 296 g/mol. The van der Waals surface area contributed by atoms with Crippen molar-refractivity contribution in [3.8, 4) is 0 Å². The minimum absolute atomic E-state index is 0.172. The third kappa shape index (κ3) is 3.00. The summed E-state index contributed by atoms with van der Waals surface area (Å²) in [6.45, 7) is 4.42. The second kappa shape index (κ2) is 6.35. The molecule has 2 heterocycles. The van der Waals surface area contributed by atoms with Gasteiger partial charge in [0.2, 0.25) is 0 Å². The maximum absolute atomic E-state index is 12.6. The van der Waals surface area contributed by atoms with E-state index in [1.165, 1.54) is 16.2 Å². The number of aromatic nitrogens is 1. The van der Waals surface area contributed by atoms with Crippen molar-refractivity contribution in [3.63, 3.8) is 0 Å². The van der Waals surface area contributed by atoms with Gasteiger partial charge in [-0.2, -0.15) is 0 Å². The third-order valence-corrected chi connectivity index (χ3v) is 4.75. The van der Waals surface area contributed by atoms with Gasteiger partial charge < -0.3 is 10.0 Å². The molecule has 5 nitrogen and oxygen atoms in total. The van der Waals surface area contributed by atoms with Crippen LogP contribution >= 0.6 is 11.3 Å². The van der Waals surface area contributed by atoms with E-state index in [2.05, 4.69) is 11.9 Å². The number of thiazole rings is 1. The van der Waals surface area contributed by atoms with Crippen LogP contribution in [-0.4, -0.2) is 39.5 Å². The third-order valence-electron chi connectivity index (χ3n) is 3.55. The molecule has 1 atom stereocenters. The predicted molar refractivity (Wildman–Crippen MR) is 77.2 cm³/mol. The lowest BCUT2D eigenvalue weighted by Crippen LogP contribution is -2.47. The molecule has 1 aliphatic rings. The van der Waals surface area contributed by atoms with Gasteiger partial charge in [-0.25, -0.2) is 9.78 Å². The van der Waals surface area contributed by atoms with Gasteiger partial charge in [0, 0.05) is 6.54 Å². The van der Waals surface area contributed by atoms with Crippen molar-refractivity contribution >= 4 is 23.2 Å². The molecule has 1 aromatic rings. The SMILES string of the molecule is CCCc1nc(C)c(C(=O)N2CCCCC2C(=O)O)s1. The molecule has 0 bridgehead atoms. The number of carbonyl (C=O) groups excluding carboxylic acids is 1. The zero-order chi connectivity index (χ0) is 14.7. The van der Waals surface area contributed by atoms with Crippen molar-refractivity contribution in [1.29, 1.82) is 0 Å². The van der Waals surface area contributed by atoms with Crippen molar-refractivity contribution in [3.05, 3.63) is 15.6 Å². The molecule has 1 saturated heterocycles. The average Bonchev–Trinajstić information content (AvgIpc) is 2.79. The van der Waals surface area contributed by atoms with Crippen LogP contribution in [0.5, 0.6) is 0 Å². The molecule has 110 valence electrons. The number of aliphatic carboxylic acids is 1. The van der Waals surface area contributed by atoms with E-state index < -0.39 is 12.0 Å². The number of aryl methyl sites for hydroxylation is 2. The van der Waals surface area contributed by atoms with Gasteiger partial charge >= 0.3 is 5.97 Å². The Balaban J connectivity index is 2.22. The van der Waals surface area contributed by atoms with Gasteiger partial charge in [-0.15, -0.1) is 11.3 Å². The summed E-state index contributed by atoms with van der Waals surface area (Å²) in [6, 6.07) is -0.688. The van der Waals surface area contributed by atoms with Crippen LogP contribution in [0.2, 0.25) is 0 Å². The number of piperidine rings is 1. The maximum Gasteiger partial charge on any atom is 0.326 e. The summed E-state index contributed by atoms with van der Waals surface area (Å²) < 4.78 is 0. The largest absolute Gasteiger partial charge is 0.480 e. The number of carbonyl (C=O) groups is 2. The fraction of sp³-hybridized carbons (Fsp3) is 0.643. The molecule has 20 heavy (non-hydrogen) atoms. The van der Waals surface area contributed by atoms with Crippen molar-refractivity contribution in [2.75, 3.05) is 6.54 Å². The molecular weight excluding hydrogens is 276 g/mol. The number of carboxylic acid groups (broad SMARTS) is 1. The Hall–Kier alpha value is -1.43. The zero-order valence-corrected chi connectivity index (χ0v) is 12.7. The fourth-order valence-electron chi connectivity index (χ4n) is 2.53. The maximum atomic E-state index is 12.6. The van der Waals surface area contributed by atoms with Crippen molar-refractivity contribution in [2.24, 2.45) is 0 Å². The summed E-state index contributed by atoms with van der Waals surface area (Å²) in [7, 11) is 0. The molecule has 1 fully saturated rings. The molecule has 1 aliphatic heterocycles. The molecule has 0 aliphatic carbocycles. The van der Waals surface area contributed by atoms with E-state index in [0.717, 1.165) is 36.4 Å². The first-order valence-electron chi connectivity index (χ1n) is 7.04. The van der Waals surface area contributed by atoms with E-state index in [1.807, 2.05) is 6.92 Å². The second-order valence-electron chi connectivity index (χ2n) is 5.12. The Morgan fingerprint density at radius 2 is 2.20 bits per heavy atom. The van der Waals surface area contributed by atoms with Gasteiger partial charge in [0.05, 0.1) is 10.7 Å². The Bertz CT molecular complexity index is 513. The minimum Gasteiger partial charge on any atom is -0.480 e. The van der Waals surface area contributed by atoms with Crippen LogP contribution in [-0.2, 0) is 11.2 Å². The van der Waals surface area contributed by atoms with Gasteiger partial charge in [-0.05, 0) is 39.0 Å². The molecular formula is C14H20N2O3S. The molecule has 1 aromatic heterocycles. The summed E-state index contributed by atoms with van der Waals surface area (Å²) in [5, 5.41) is 10.2. The van der Waals surface area contributed by atoms with Crippen LogP contribution < -0.4 is 0 Å². The number of carboxylic acids is 1. The summed E-state index contributed by atoms with van der Waals surface area (Å²) in [5.74, 6) is -1.08. The molecule has 1 amide bonds.